The zero-order valence-corrected chi connectivity index (χ0v) is 16.9. The topological polar surface area (TPSA) is 85.2 Å². The van der Waals surface area contributed by atoms with Gasteiger partial charge in [0.1, 0.15) is 5.75 Å². The molecule has 7 nitrogen and oxygen atoms in total. The van der Waals surface area contributed by atoms with Crippen molar-refractivity contribution in [1.29, 1.82) is 0 Å². The van der Waals surface area contributed by atoms with Crippen LogP contribution in [0.2, 0.25) is 0 Å². The molecule has 1 heterocycles. The van der Waals surface area contributed by atoms with Crippen LogP contribution in [0, 0.1) is 0 Å². The van der Waals surface area contributed by atoms with Crippen molar-refractivity contribution < 1.29 is 14.3 Å². The van der Waals surface area contributed by atoms with E-state index in [1.807, 2.05) is 59.3 Å². The predicted molar refractivity (Wildman–Crippen MR) is 113 cm³/mol. The van der Waals surface area contributed by atoms with Crippen molar-refractivity contribution in [2.24, 2.45) is 0 Å². The summed E-state index contributed by atoms with van der Waals surface area (Å²) < 4.78 is 6.97. The van der Waals surface area contributed by atoms with Crippen molar-refractivity contribution in [2.45, 2.75) is 25.8 Å². The molecule has 1 aromatic heterocycles. The molecule has 0 fully saturated rings. The Kier molecular flexibility index (Phi) is 5.79. The van der Waals surface area contributed by atoms with E-state index in [1.165, 1.54) is 0 Å². The number of hydrogen-bond acceptors (Lipinski definition) is 4. The van der Waals surface area contributed by atoms with Gasteiger partial charge in [0.2, 0.25) is 5.91 Å². The molecule has 0 atom stereocenters. The summed E-state index contributed by atoms with van der Waals surface area (Å²) in [5, 5.41) is 10.1. The third-order valence-electron chi connectivity index (χ3n) is 5.20. The summed E-state index contributed by atoms with van der Waals surface area (Å²) in [5.41, 5.74) is 4.36. The lowest BCUT2D eigenvalue weighted by atomic mass is 10.2. The number of methoxy groups -OCH3 is 1. The highest BCUT2D eigenvalue weighted by Crippen LogP contribution is 2.27. The molecule has 2 amide bonds. The summed E-state index contributed by atoms with van der Waals surface area (Å²) in [6.07, 6.45) is 2.73. The number of carbonyl (C=O) groups is 2. The SMILES string of the molecule is COc1ccc(CNC(=O)CNC(=O)c2nn(-c3ccccc3)c3c2CCC3)cc1. The predicted octanol–water partition coefficient (Wildman–Crippen LogP) is 2.42. The molecule has 30 heavy (non-hydrogen) atoms. The first-order valence-electron chi connectivity index (χ1n) is 9.99. The van der Waals surface area contributed by atoms with Crippen LogP contribution in [-0.2, 0) is 24.2 Å². The molecular formula is C23H24N4O3. The summed E-state index contributed by atoms with van der Waals surface area (Å²) in [7, 11) is 1.61. The van der Waals surface area contributed by atoms with Gasteiger partial charge in [0.05, 0.1) is 19.3 Å². The highest BCUT2D eigenvalue weighted by Gasteiger charge is 2.27. The smallest absolute Gasteiger partial charge is 0.272 e. The van der Waals surface area contributed by atoms with Crippen LogP contribution in [0.1, 0.15) is 33.7 Å². The number of nitrogens with one attached hydrogen (secondary N) is 2. The van der Waals surface area contributed by atoms with Crippen LogP contribution in [-0.4, -0.2) is 35.2 Å². The van der Waals surface area contributed by atoms with Crippen molar-refractivity contribution in [3.8, 4) is 11.4 Å². The minimum Gasteiger partial charge on any atom is -0.497 e. The maximum absolute atomic E-state index is 12.7. The van der Waals surface area contributed by atoms with E-state index in [1.54, 1.807) is 7.11 Å². The van der Waals surface area contributed by atoms with E-state index in [0.717, 1.165) is 47.5 Å². The minimum absolute atomic E-state index is 0.0953. The molecule has 4 rings (SSSR count). The van der Waals surface area contributed by atoms with E-state index in [-0.39, 0.29) is 18.4 Å². The molecule has 154 valence electrons. The minimum atomic E-state index is -0.317. The van der Waals surface area contributed by atoms with Crippen LogP contribution < -0.4 is 15.4 Å². The normalized spacial score (nSPS) is 12.3. The molecule has 7 heteroatoms. The molecule has 1 aliphatic rings. The van der Waals surface area contributed by atoms with Gasteiger partial charge in [-0.05, 0) is 49.1 Å². The largest absolute Gasteiger partial charge is 0.497 e. The van der Waals surface area contributed by atoms with E-state index >= 15 is 0 Å². The van der Waals surface area contributed by atoms with Crippen molar-refractivity contribution in [3.63, 3.8) is 0 Å². The monoisotopic (exact) mass is 404 g/mol. The quantitative estimate of drug-likeness (QED) is 0.633. The Hall–Kier alpha value is -3.61. The number of rotatable bonds is 7. The summed E-state index contributed by atoms with van der Waals surface area (Å²) in [6, 6.07) is 17.2. The highest BCUT2D eigenvalue weighted by atomic mass is 16.5. The van der Waals surface area contributed by atoms with Gasteiger partial charge in [-0.15, -0.1) is 0 Å². The average molecular weight is 404 g/mol. The van der Waals surface area contributed by atoms with Gasteiger partial charge in [0, 0.05) is 17.8 Å². The number of aromatic nitrogens is 2. The van der Waals surface area contributed by atoms with Crippen LogP contribution >= 0.6 is 0 Å². The van der Waals surface area contributed by atoms with Gasteiger partial charge >= 0.3 is 0 Å². The second kappa shape index (κ2) is 8.82. The van der Waals surface area contributed by atoms with Crippen molar-refractivity contribution in [3.05, 3.63) is 77.1 Å². The summed E-state index contributed by atoms with van der Waals surface area (Å²) in [5.74, 6) is 0.195. The second-order valence-electron chi connectivity index (χ2n) is 7.18. The van der Waals surface area contributed by atoms with E-state index < -0.39 is 0 Å². The fraction of sp³-hybridized carbons (Fsp3) is 0.261. The van der Waals surface area contributed by atoms with Crippen LogP contribution in [0.3, 0.4) is 0 Å². The summed E-state index contributed by atoms with van der Waals surface area (Å²) in [6.45, 7) is 0.290. The van der Waals surface area contributed by atoms with Gasteiger partial charge in [-0.1, -0.05) is 30.3 Å². The third-order valence-corrected chi connectivity index (χ3v) is 5.20. The Labute approximate surface area is 175 Å². The molecule has 1 aliphatic carbocycles. The van der Waals surface area contributed by atoms with Gasteiger partial charge in [-0.25, -0.2) is 4.68 Å². The number of para-hydroxylation sites is 1. The molecule has 0 bridgehead atoms. The Morgan fingerprint density at radius 3 is 2.53 bits per heavy atom. The molecule has 2 N–H and O–H groups in total. The molecule has 0 saturated heterocycles. The van der Waals surface area contributed by atoms with E-state index in [0.29, 0.717) is 12.2 Å². The van der Waals surface area contributed by atoms with Crippen LogP contribution in [0.15, 0.2) is 54.6 Å². The fourth-order valence-electron chi connectivity index (χ4n) is 3.65. The van der Waals surface area contributed by atoms with Crippen LogP contribution in [0.4, 0.5) is 0 Å². The second-order valence-corrected chi connectivity index (χ2v) is 7.18. The first-order chi connectivity index (χ1) is 14.7. The summed E-state index contributed by atoms with van der Waals surface area (Å²) in [4.78, 5) is 24.9. The van der Waals surface area contributed by atoms with Gasteiger partial charge in [0.15, 0.2) is 5.69 Å². The Morgan fingerprint density at radius 1 is 1.03 bits per heavy atom. The molecule has 0 aliphatic heterocycles. The van der Waals surface area contributed by atoms with Crippen molar-refractivity contribution >= 4 is 11.8 Å². The average Bonchev–Trinajstić information content (AvgIpc) is 3.40. The third kappa shape index (κ3) is 4.20. The number of fused-ring (bicyclic) bond motifs is 1. The molecule has 3 aromatic rings. The van der Waals surface area contributed by atoms with Gasteiger partial charge in [-0.2, -0.15) is 5.10 Å². The van der Waals surface area contributed by atoms with Crippen LogP contribution in [0.5, 0.6) is 5.75 Å². The molecule has 2 aromatic carbocycles. The molecule has 0 spiro atoms. The molecule has 0 unspecified atom stereocenters. The lowest BCUT2D eigenvalue weighted by Gasteiger charge is -2.07. The molecule has 0 radical (unpaired) electrons. The number of hydrogen-bond donors (Lipinski definition) is 2. The molecular weight excluding hydrogens is 380 g/mol. The van der Waals surface area contributed by atoms with E-state index in [4.69, 9.17) is 4.74 Å². The Balaban J connectivity index is 1.36. The lowest BCUT2D eigenvalue weighted by Crippen LogP contribution is -2.37. The standard InChI is InChI=1S/C23H24N4O3/c1-30-18-12-10-16(11-13-18)14-24-21(28)15-25-23(29)22-19-8-5-9-20(19)27(26-22)17-6-3-2-4-7-17/h2-4,6-7,10-13H,5,8-9,14-15H2,1H3,(H,24,28)(H,25,29). The number of nitrogens with zero attached hydrogens (tertiary/aromatic N) is 2. The number of ether oxygens (including phenoxy) is 1. The van der Waals surface area contributed by atoms with Gasteiger partial charge in [0.25, 0.3) is 5.91 Å². The summed E-state index contributed by atoms with van der Waals surface area (Å²) >= 11 is 0. The highest BCUT2D eigenvalue weighted by molar-refractivity contribution is 5.96. The maximum Gasteiger partial charge on any atom is 0.272 e. The van der Waals surface area contributed by atoms with Crippen molar-refractivity contribution in [2.75, 3.05) is 13.7 Å². The number of benzene rings is 2. The zero-order valence-electron chi connectivity index (χ0n) is 16.9. The Bertz CT molecular complexity index is 1040. The van der Waals surface area contributed by atoms with Gasteiger partial charge in [-0.3, -0.25) is 9.59 Å². The van der Waals surface area contributed by atoms with Crippen LogP contribution in [0.25, 0.3) is 5.69 Å². The van der Waals surface area contributed by atoms with Crippen molar-refractivity contribution in [1.82, 2.24) is 20.4 Å². The van der Waals surface area contributed by atoms with Gasteiger partial charge < -0.3 is 15.4 Å². The lowest BCUT2D eigenvalue weighted by molar-refractivity contribution is -0.120. The molecule has 0 saturated carbocycles. The zero-order chi connectivity index (χ0) is 20.9. The Morgan fingerprint density at radius 2 is 1.80 bits per heavy atom. The van der Waals surface area contributed by atoms with E-state index in [9.17, 15) is 9.59 Å². The fourth-order valence-corrected chi connectivity index (χ4v) is 3.65. The first-order valence-corrected chi connectivity index (χ1v) is 9.99. The van der Waals surface area contributed by atoms with E-state index in [2.05, 4.69) is 15.7 Å². The first kappa shape index (κ1) is 19.7. The number of carbonyl (C=O) groups excluding carboxylic acids is 2. The maximum atomic E-state index is 12.7. The number of amides is 2.